The number of hydrogen-bond donors (Lipinski definition) is 2. The summed E-state index contributed by atoms with van der Waals surface area (Å²) in [5.41, 5.74) is 2.82. The fourth-order valence-electron chi connectivity index (χ4n) is 3.24. The second-order valence-electron chi connectivity index (χ2n) is 7.70. The Kier molecular flexibility index (Phi) is 8.51. The lowest BCUT2D eigenvalue weighted by Crippen LogP contribution is -2.50. The molecular formula is C21H22BrCl2N7O4. The van der Waals surface area contributed by atoms with Crippen LogP contribution in [0.1, 0.15) is 36.3 Å². The Bertz CT molecular complexity index is 1190. The molecule has 35 heavy (non-hydrogen) atoms. The van der Waals surface area contributed by atoms with Crippen molar-refractivity contribution in [2.75, 3.05) is 17.4 Å². The van der Waals surface area contributed by atoms with Gasteiger partial charge in [0.1, 0.15) is 15.8 Å². The molecule has 3 amide bonds. The third-order valence-corrected chi connectivity index (χ3v) is 5.87. The van der Waals surface area contributed by atoms with Crippen molar-refractivity contribution in [1.82, 2.24) is 20.4 Å². The summed E-state index contributed by atoms with van der Waals surface area (Å²) >= 11 is 15.7. The summed E-state index contributed by atoms with van der Waals surface area (Å²) in [5, 5.41) is 9.91. The molecule has 1 atom stereocenters. The van der Waals surface area contributed by atoms with Crippen LogP contribution in [0, 0.1) is 6.92 Å². The lowest BCUT2D eigenvalue weighted by atomic mass is 10.1. The zero-order chi connectivity index (χ0) is 25.9. The fraction of sp³-hybridized carbons (Fsp3) is 0.333. The number of pyridine rings is 2. The number of carbonyl (C=O) groups is 3. The predicted octanol–water partition coefficient (Wildman–Crippen LogP) is 4.14. The number of methoxy groups -OCH3 is 1. The van der Waals surface area contributed by atoms with E-state index in [4.69, 9.17) is 23.2 Å². The summed E-state index contributed by atoms with van der Waals surface area (Å²) in [6.45, 7) is 5.04. The first-order chi connectivity index (χ1) is 16.5. The molecule has 2 N–H and O–H groups in total. The highest BCUT2D eigenvalue weighted by Crippen LogP contribution is 2.32. The maximum atomic E-state index is 13.4. The molecule has 0 bridgehead atoms. The normalized spacial score (nSPS) is 15.0. The number of aryl methyl sites for hydroxylation is 1. The summed E-state index contributed by atoms with van der Waals surface area (Å²) in [6, 6.07) is 3.53. The van der Waals surface area contributed by atoms with Gasteiger partial charge in [-0.3, -0.25) is 9.59 Å². The van der Waals surface area contributed by atoms with Gasteiger partial charge in [-0.15, -0.1) is 0 Å². The van der Waals surface area contributed by atoms with Gasteiger partial charge in [-0.2, -0.15) is 5.10 Å². The predicted molar refractivity (Wildman–Crippen MR) is 136 cm³/mol. The Morgan fingerprint density at radius 3 is 2.66 bits per heavy atom. The van der Waals surface area contributed by atoms with E-state index in [1.807, 2.05) is 0 Å². The minimum absolute atomic E-state index is 0.0412. The van der Waals surface area contributed by atoms with Crippen molar-refractivity contribution >= 4 is 73.2 Å². The van der Waals surface area contributed by atoms with Crippen molar-refractivity contribution in [2.45, 2.75) is 39.3 Å². The Morgan fingerprint density at radius 1 is 1.31 bits per heavy atom. The minimum Gasteiger partial charge on any atom is -0.452 e. The molecule has 186 valence electrons. The van der Waals surface area contributed by atoms with Crippen LogP contribution in [0.5, 0.6) is 0 Å². The largest absolute Gasteiger partial charge is 0.452 e. The number of rotatable bonds is 5. The maximum Gasteiger partial charge on any atom is 0.425 e. The minimum atomic E-state index is -0.841. The number of carbonyl (C=O) groups excluding carboxylic acids is 3. The van der Waals surface area contributed by atoms with E-state index < -0.39 is 30.0 Å². The fourth-order valence-corrected chi connectivity index (χ4v) is 4.18. The van der Waals surface area contributed by atoms with Crippen LogP contribution in [0.3, 0.4) is 0 Å². The van der Waals surface area contributed by atoms with Crippen molar-refractivity contribution < 1.29 is 19.1 Å². The van der Waals surface area contributed by atoms with Gasteiger partial charge < -0.3 is 10.1 Å². The summed E-state index contributed by atoms with van der Waals surface area (Å²) in [6.07, 6.45) is 0.938. The molecule has 14 heteroatoms. The van der Waals surface area contributed by atoms with Crippen molar-refractivity contribution in [3.8, 4) is 0 Å². The molecule has 2 aromatic rings. The number of nitrogens with zero attached hydrogens (tertiary/aromatic N) is 5. The van der Waals surface area contributed by atoms with E-state index >= 15 is 0 Å². The number of hydrogen-bond acceptors (Lipinski definition) is 8. The molecule has 1 aliphatic heterocycles. The molecule has 1 unspecified atom stereocenters. The van der Waals surface area contributed by atoms with Gasteiger partial charge in [0, 0.05) is 18.7 Å². The van der Waals surface area contributed by atoms with E-state index in [0.29, 0.717) is 21.0 Å². The zero-order valence-electron chi connectivity index (χ0n) is 19.2. The molecule has 0 saturated heterocycles. The molecule has 0 fully saturated rings. The number of hydrazine groups is 1. The van der Waals surface area contributed by atoms with E-state index in [1.54, 1.807) is 32.9 Å². The van der Waals surface area contributed by atoms with Crippen LogP contribution in [-0.4, -0.2) is 56.7 Å². The molecular weight excluding hydrogens is 565 g/mol. The number of anilines is 2. The van der Waals surface area contributed by atoms with Gasteiger partial charge in [0.15, 0.2) is 11.5 Å². The summed E-state index contributed by atoms with van der Waals surface area (Å²) < 4.78 is 5.12. The molecule has 0 saturated carbocycles. The van der Waals surface area contributed by atoms with Gasteiger partial charge in [0.25, 0.3) is 5.91 Å². The summed E-state index contributed by atoms with van der Waals surface area (Å²) in [4.78, 5) is 46.9. The highest BCUT2D eigenvalue weighted by Gasteiger charge is 2.36. The van der Waals surface area contributed by atoms with Crippen LogP contribution in [0.15, 0.2) is 29.5 Å². The first kappa shape index (κ1) is 26.6. The monoisotopic (exact) mass is 585 g/mol. The molecule has 3 heterocycles. The molecule has 0 aromatic carbocycles. The number of halogens is 3. The molecule has 3 rings (SSSR count). The molecule has 2 aromatic heterocycles. The van der Waals surface area contributed by atoms with E-state index in [-0.39, 0.29) is 23.0 Å². The van der Waals surface area contributed by atoms with Crippen LogP contribution in [0.25, 0.3) is 0 Å². The lowest BCUT2D eigenvalue weighted by Gasteiger charge is -2.27. The van der Waals surface area contributed by atoms with Crippen molar-refractivity contribution in [3.63, 3.8) is 0 Å². The van der Waals surface area contributed by atoms with E-state index in [2.05, 4.69) is 46.5 Å². The van der Waals surface area contributed by atoms with E-state index in [9.17, 15) is 14.4 Å². The molecule has 0 spiro atoms. The summed E-state index contributed by atoms with van der Waals surface area (Å²) in [5.74, 6) is -0.873. The van der Waals surface area contributed by atoms with Crippen LogP contribution in [0.4, 0.5) is 16.3 Å². The Morgan fingerprint density at radius 2 is 2.03 bits per heavy atom. The number of hydrazone groups is 1. The van der Waals surface area contributed by atoms with Gasteiger partial charge >= 0.3 is 6.09 Å². The van der Waals surface area contributed by atoms with Gasteiger partial charge in [-0.05, 0) is 60.5 Å². The molecule has 1 aliphatic rings. The van der Waals surface area contributed by atoms with Crippen molar-refractivity contribution in [1.29, 1.82) is 0 Å². The topological polar surface area (TPSA) is 129 Å². The van der Waals surface area contributed by atoms with Gasteiger partial charge in [-0.1, -0.05) is 23.2 Å². The van der Waals surface area contributed by atoms with E-state index in [1.165, 1.54) is 24.4 Å². The lowest BCUT2D eigenvalue weighted by molar-refractivity contribution is -0.117. The highest BCUT2D eigenvalue weighted by molar-refractivity contribution is 9.18. The number of amides is 3. The Labute approximate surface area is 219 Å². The van der Waals surface area contributed by atoms with Crippen LogP contribution < -0.4 is 15.8 Å². The highest BCUT2D eigenvalue weighted by atomic mass is 79.9. The number of ether oxygens (including phenoxy) is 1. The Hall–Kier alpha value is -2.96. The van der Waals surface area contributed by atoms with Crippen LogP contribution in [0.2, 0.25) is 10.2 Å². The second kappa shape index (κ2) is 11.2. The first-order valence-electron chi connectivity index (χ1n) is 10.3. The maximum absolute atomic E-state index is 13.4. The van der Waals surface area contributed by atoms with Gasteiger partial charge in [0.05, 0.1) is 17.8 Å². The van der Waals surface area contributed by atoms with Gasteiger partial charge in [0.2, 0.25) is 5.91 Å². The smallest absolute Gasteiger partial charge is 0.425 e. The average molecular weight is 587 g/mol. The third-order valence-electron chi connectivity index (χ3n) is 4.90. The number of aromatic nitrogens is 2. The average Bonchev–Trinajstić information content (AvgIpc) is 3.19. The van der Waals surface area contributed by atoms with Crippen LogP contribution >= 0.6 is 39.1 Å². The van der Waals surface area contributed by atoms with E-state index in [0.717, 1.165) is 5.01 Å². The standard InChI is InChI=1S/C21H22BrCl2N7O4/c1-10(2)30(29-21(34)35-4)20(33)17-16(11(3)8-15(24)26-17)27-19(32)13-9-14(22)28-31(13)18-12(23)6-5-7-25-18/h5-8,10,13H,9H2,1-4H3,(H,27,32)(H,29,34). The first-order valence-corrected chi connectivity index (χ1v) is 11.9. The van der Waals surface area contributed by atoms with Gasteiger partial charge in [-0.25, -0.2) is 30.2 Å². The van der Waals surface area contributed by atoms with Crippen LogP contribution in [-0.2, 0) is 9.53 Å². The summed E-state index contributed by atoms with van der Waals surface area (Å²) in [7, 11) is 1.17. The van der Waals surface area contributed by atoms with Crippen molar-refractivity contribution in [2.24, 2.45) is 5.10 Å². The third kappa shape index (κ3) is 6.00. The molecule has 0 aliphatic carbocycles. The molecule has 11 nitrogen and oxygen atoms in total. The zero-order valence-corrected chi connectivity index (χ0v) is 22.3. The Balaban J connectivity index is 1.96. The number of nitrogens with one attached hydrogen (secondary N) is 2. The van der Waals surface area contributed by atoms with Crippen molar-refractivity contribution in [3.05, 3.63) is 45.8 Å². The molecule has 0 radical (unpaired) electrons. The quantitative estimate of drug-likeness (QED) is 0.398. The second-order valence-corrected chi connectivity index (χ2v) is 9.41. The SMILES string of the molecule is COC(=O)NN(C(=O)c1nc(Cl)cc(C)c1NC(=O)C1CC(Br)=NN1c1ncccc1Cl)C(C)C.